The van der Waals surface area contributed by atoms with E-state index in [1.165, 1.54) is 0 Å². The molecule has 0 amide bonds. The van der Waals surface area contributed by atoms with Gasteiger partial charge < -0.3 is 10.0 Å². The average Bonchev–Trinajstić information content (AvgIpc) is 2.29. The first kappa shape index (κ1) is 10.9. The SMILES string of the molecule is Cc1ccnc(N2CCCC(C(=O)O)C2)n1. The number of aromatic nitrogens is 2. The molecular weight excluding hydrogens is 206 g/mol. The minimum absolute atomic E-state index is 0.294. The predicted octanol–water partition coefficient (Wildman–Crippen LogP) is 1.09. The summed E-state index contributed by atoms with van der Waals surface area (Å²) in [6.45, 7) is 3.26. The molecule has 1 aliphatic rings. The normalized spacial score (nSPS) is 20.8. The minimum atomic E-state index is -0.725. The number of rotatable bonds is 2. The van der Waals surface area contributed by atoms with Gasteiger partial charge >= 0.3 is 5.97 Å². The summed E-state index contributed by atoms with van der Waals surface area (Å²) in [5.74, 6) is -0.374. The summed E-state index contributed by atoms with van der Waals surface area (Å²) in [7, 11) is 0. The molecule has 0 aliphatic carbocycles. The van der Waals surface area contributed by atoms with Gasteiger partial charge in [-0.2, -0.15) is 0 Å². The van der Waals surface area contributed by atoms with Gasteiger partial charge in [0.25, 0.3) is 0 Å². The van der Waals surface area contributed by atoms with E-state index in [1.807, 2.05) is 17.9 Å². The number of piperidine rings is 1. The molecule has 5 heteroatoms. The molecule has 5 nitrogen and oxygen atoms in total. The Bertz CT molecular complexity index is 395. The molecule has 86 valence electrons. The average molecular weight is 221 g/mol. The van der Waals surface area contributed by atoms with Crippen LogP contribution in [0.1, 0.15) is 18.5 Å². The highest BCUT2D eigenvalue weighted by Crippen LogP contribution is 2.20. The molecule has 1 aromatic rings. The fourth-order valence-corrected chi connectivity index (χ4v) is 1.95. The van der Waals surface area contributed by atoms with Crippen molar-refractivity contribution >= 4 is 11.9 Å². The number of hydrogen-bond acceptors (Lipinski definition) is 4. The van der Waals surface area contributed by atoms with Gasteiger partial charge in [0, 0.05) is 25.0 Å². The van der Waals surface area contributed by atoms with E-state index in [9.17, 15) is 4.79 Å². The van der Waals surface area contributed by atoms with Crippen LogP contribution in [0.25, 0.3) is 0 Å². The quantitative estimate of drug-likeness (QED) is 0.809. The summed E-state index contributed by atoms with van der Waals surface area (Å²) < 4.78 is 0. The monoisotopic (exact) mass is 221 g/mol. The smallest absolute Gasteiger partial charge is 0.308 e. The zero-order valence-electron chi connectivity index (χ0n) is 9.26. The van der Waals surface area contributed by atoms with Crippen LogP contribution < -0.4 is 4.90 Å². The summed E-state index contributed by atoms with van der Waals surface area (Å²) in [6, 6.07) is 1.84. The first-order valence-electron chi connectivity index (χ1n) is 5.44. The third kappa shape index (κ3) is 2.29. The van der Waals surface area contributed by atoms with Gasteiger partial charge in [-0.15, -0.1) is 0 Å². The van der Waals surface area contributed by atoms with Crippen molar-refractivity contribution in [1.29, 1.82) is 0 Å². The highest BCUT2D eigenvalue weighted by Gasteiger charge is 2.26. The van der Waals surface area contributed by atoms with E-state index in [1.54, 1.807) is 6.20 Å². The number of anilines is 1. The molecule has 0 radical (unpaired) electrons. The van der Waals surface area contributed by atoms with E-state index < -0.39 is 5.97 Å². The lowest BCUT2D eigenvalue weighted by Gasteiger charge is -2.30. The van der Waals surface area contributed by atoms with E-state index in [-0.39, 0.29) is 5.92 Å². The Kier molecular flexibility index (Phi) is 3.03. The maximum atomic E-state index is 10.9. The third-order valence-electron chi connectivity index (χ3n) is 2.84. The molecule has 1 atom stereocenters. The molecule has 1 unspecified atom stereocenters. The standard InChI is InChI=1S/C11H15N3O2/c1-8-4-5-12-11(13-8)14-6-2-3-9(7-14)10(15)16/h4-5,9H,2-3,6-7H2,1H3,(H,15,16). The summed E-state index contributed by atoms with van der Waals surface area (Å²) >= 11 is 0. The Morgan fingerprint density at radius 3 is 3.12 bits per heavy atom. The van der Waals surface area contributed by atoms with Gasteiger partial charge in [0.1, 0.15) is 0 Å². The van der Waals surface area contributed by atoms with Crippen molar-refractivity contribution in [3.05, 3.63) is 18.0 Å². The Morgan fingerprint density at radius 1 is 1.62 bits per heavy atom. The zero-order valence-corrected chi connectivity index (χ0v) is 9.26. The molecule has 1 N–H and O–H groups in total. The first-order chi connectivity index (χ1) is 7.66. The fourth-order valence-electron chi connectivity index (χ4n) is 1.95. The molecule has 1 aliphatic heterocycles. The topological polar surface area (TPSA) is 66.3 Å². The van der Waals surface area contributed by atoms with Crippen molar-refractivity contribution < 1.29 is 9.90 Å². The van der Waals surface area contributed by atoms with Gasteiger partial charge in [-0.3, -0.25) is 4.79 Å². The van der Waals surface area contributed by atoms with Crippen LogP contribution in [0.15, 0.2) is 12.3 Å². The lowest BCUT2D eigenvalue weighted by atomic mass is 9.99. The van der Waals surface area contributed by atoms with Gasteiger partial charge in [0.15, 0.2) is 0 Å². The second kappa shape index (κ2) is 4.47. The number of aryl methyl sites for hydroxylation is 1. The molecule has 1 saturated heterocycles. The minimum Gasteiger partial charge on any atom is -0.481 e. The van der Waals surface area contributed by atoms with Crippen LogP contribution in [-0.2, 0) is 4.79 Å². The number of carboxylic acid groups (broad SMARTS) is 1. The van der Waals surface area contributed by atoms with E-state index in [0.29, 0.717) is 12.5 Å². The van der Waals surface area contributed by atoms with Crippen molar-refractivity contribution in [1.82, 2.24) is 9.97 Å². The number of aliphatic carboxylic acids is 1. The first-order valence-corrected chi connectivity index (χ1v) is 5.44. The van der Waals surface area contributed by atoms with Gasteiger partial charge in [-0.1, -0.05) is 0 Å². The molecular formula is C11H15N3O2. The van der Waals surface area contributed by atoms with E-state index in [0.717, 1.165) is 25.1 Å². The number of carbonyl (C=O) groups is 1. The molecule has 2 heterocycles. The molecule has 1 aromatic heterocycles. The lowest BCUT2D eigenvalue weighted by Crippen LogP contribution is -2.39. The van der Waals surface area contributed by atoms with Gasteiger partial charge in [0.2, 0.25) is 5.95 Å². The third-order valence-corrected chi connectivity index (χ3v) is 2.84. The summed E-state index contributed by atoms with van der Waals surface area (Å²) in [5, 5.41) is 8.99. The maximum absolute atomic E-state index is 10.9. The zero-order chi connectivity index (χ0) is 11.5. The number of hydrogen-bond donors (Lipinski definition) is 1. The van der Waals surface area contributed by atoms with Gasteiger partial charge in [-0.05, 0) is 25.8 Å². The van der Waals surface area contributed by atoms with Crippen LogP contribution in [0.3, 0.4) is 0 Å². The van der Waals surface area contributed by atoms with Crippen molar-refractivity contribution in [3.8, 4) is 0 Å². The highest BCUT2D eigenvalue weighted by molar-refractivity contribution is 5.71. The van der Waals surface area contributed by atoms with Gasteiger partial charge in [0.05, 0.1) is 5.92 Å². The van der Waals surface area contributed by atoms with Crippen molar-refractivity contribution in [2.75, 3.05) is 18.0 Å². The van der Waals surface area contributed by atoms with Crippen LogP contribution in [-0.4, -0.2) is 34.1 Å². The van der Waals surface area contributed by atoms with Crippen LogP contribution in [0.5, 0.6) is 0 Å². The number of nitrogens with zero attached hydrogens (tertiary/aromatic N) is 3. The second-order valence-electron chi connectivity index (χ2n) is 4.12. The van der Waals surface area contributed by atoms with E-state index in [4.69, 9.17) is 5.11 Å². The van der Waals surface area contributed by atoms with Crippen LogP contribution in [0.2, 0.25) is 0 Å². The Balaban J connectivity index is 2.12. The predicted molar refractivity (Wildman–Crippen MR) is 59.3 cm³/mol. The van der Waals surface area contributed by atoms with Crippen LogP contribution in [0.4, 0.5) is 5.95 Å². The van der Waals surface area contributed by atoms with Crippen LogP contribution >= 0.6 is 0 Å². The highest BCUT2D eigenvalue weighted by atomic mass is 16.4. The Labute approximate surface area is 94.1 Å². The molecule has 0 spiro atoms. The molecule has 16 heavy (non-hydrogen) atoms. The van der Waals surface area contributed by atoms with E-state index >= 15 is 0 Å². The molecule has 1 fully saturated rings. The summed E-state index contributed by atoms with van der Waals surface area (Å²) in [4.78, 5) is 21.4. The van der Waals surface area contributed by atoms with Crippen molar-refractivity contribution in [2.45, 2.75) is 19.8 Å². The summed E-state index contributed by atoms with van der Waals surface area (Å²) in [6.07, 6.45) is 3.34. The largest absolute Gasteiger partial charge is 0.481 e. The molecule has 0 saturated carbocycles. The lowest BCUT2D eigenvalue weighted by molar-refractivity contribution is -0.141. The van der Waals surface area contributed by atoms with Crippen LogP contribution in [0, 0.1) is 12.8 Å². The van der Waals surface area contributed by atoms with Crippen molar-refractivity contribution in [2.24, 2.45) is 5.92 Å². The van der Waals surface area contributed by atoms with Gasteiger partial charge in [-0.25, -0.2) is 9.97 Å². The van der Waals surface area contributed by atoms with E-state index in [2.05, 4.69) is 9.97 Å². The fraction of sp³-hybridized carbons (Fsp3) is 0.545. The maximum Gasteiger partial charge on any atom is 0.308 e. The molecule has 2 rings (SSSR count). The Hall–Kier alpha value is -1.65. The number of carboxylic acids is 1. The molecule has 0 aromatic carbocycles. The second-order valence-corrected chi connectivity index (χ2v) is 4.12. The Morgan fingerprint density at radius 2 is 2.44 bits per heavy atom. The molecule has 0 bridgehead atoms. The van der Waals surface area contributed by atoms with Crippen molar-refractivity contribution in [3.63, 3.8) is 0 Å². The summed E-state index contributed by atoms with van der Waals surface area (Å²) in [5.41, 5.74) is 0.905.